The van der Waals surface area contributed by atoms with Crippen LogP contribution in [0.4, 0.5) is 17.1 Å². The van der Waals surface area contributed by atoms with Crippen molar-refractivity contribution in [3.8, 4) is 56.4 Å². The van der Waals surface area contributed by atoms with Gasteiger partial charge in [0.25, 0.3) is 0 Å². The molecule has 1 aliphatic rings. The SMILES string of the molecule is CC.Cc1ccccc1-c1cc(C(C)(C)C)cc(-c2ccccc2C)c1N1c2ccc(-c3cc4ccccc4o3)cc2Oc2cc(-c3cc4ccccc4o3)ccc21. The summed E-state index contributed by atoms with van der Waals surface area (Å²) in [6.07, 6.45) is 0. The Morgan fingerprint density at radius 2 is 0.879 bits per heavy atom. The summed E-state index contributed by atoms with van der Waals surface area (Å²) < 4.78 is 19.7. The highest BCUT2D eigenvalue weighted by Gasteiger charge is 2.33. The highest BCUT2D eigenvalue weighted by Crippen LogP contribution is 2.57. The molecule has 0 saturated carbocycles. The number of hydrogen-bond donors (Lipinski definition) is 0. The molecule has 9 aromatic rings. The maximum absolute atomic E-state index is 6.99. The number of para-hydroxylation sites is 2. The van der Waals surface area contributed by atoms with Gasteiger partial charge in [0.2, 0.25) is 0 Å². The number of furan rings is 2. The summed E-state index contributed by atoms with van der Waals surface area (Å²) >= 11 is 0. The van der Waals surface area contributed by atoms with Gasteiger partial charge in [-0.2, -0.15) is 0 Å². The molecule has 1 aliphatic heterocycles. The first-order valence-electron chi connectivity index (χ1n) is 20.2. The fourth-order valence-electron chi connectivity index (χ4n) is 8.07. The molecular formula is C54H47NO3. The van der Waals surface area contributed by atoms with Crippen LogP contribution in [0.2, 0.25) is 0 Å². The van der Waals surface area contributed by atoms with Crippen LogP contribution in [-0.2, 0) is 5.41 Å². The topological polar surface area (TPSA) is 38.8 Å². The average Bonchev–Trinajstić information content (AvgIpc) is 3.88. The molecule has 7 aromatic carbocycles. The van der Waals surface area contributed by atoms with E-state index in [-0.39, 0.29) is 5.41 Å². The van der Waals surface area contributed by atoms with Crippen LogP contribution in [0.5, 0.6) is 11.5 Å². The summed E-state index contributed by atoms with van der Waals surface area (Å²) in [5.41, 5.74) is 14.9. The number of ether oxygens (including phenoxy) is 1. The second-order valence-electron chi connectivity index (χ2n) is 15.9. The Kier molecular flexibility index (Phi) is 9.29. The molecule has 0 unspecified atom stereocenters. The number of benzene rings is 7. The molecule has 58 heavy (non-hydrogen) atoms. The van der Waals surface area contributed by atoms with Gasteiger partial charge in [-0.05, 0) is 120 Å². The average molecular weight is 758 g/mol. The molecule has 286 valence electrons. The Morgan fingerprint density at radius 1 is 0.448 bits per heavy atom. The van der Waals surface area contributed by atoms with Crippen molar-refractivity contribution in [3.05, 3.63) is 174 Å². The number of nitrogens with zero attached hydrogens (tertiary/aromatic N) is 1. The summed E-state index contributed by atoms with van der Waals surface area (Å²) in [4.78, 5) is 2.41. The second kappa shape index (κ2) is 14.6. The number of rotatable bonds is 5. The standard InChI is InChI=1S/C52H41NO3.C2H6/c1-32-14-6-10-18-39(32)41-30-38(52(3,4)5)31-42(40-19-11-7-15-33(40)2)51(41)53-43-24-22-36(47-26-34-16-8-12-20-45(34)54-47)28-49(43)56-50-29-37(23-25-44(50)53)48-27-35-17-9-13-21-46(35)55-48;1-2/h6-31H,1-5H3;1-2H3. The monoisotopic (exact) mass is 757 g/mol. The first kappa shape index (κ1) is 36.8. The van der Waals surface area contributed by atoms with Gasteiger partial charge >= 0.3 is 0 Å². The largest absolute Gasteiger partial charge is 0.456 e. The second-order valence-corrected chi connectivity index (χ2v) is 15.9. The molecule has 2 aromatic heterocycles. The maximum Gasteiger partial charge on any atom is 0.152 e. The van der Waals surface area contributed by atoms with E-state index in [2.05, 4.69) is 161 Å². The van der Waals surface area contributed by atoms with Crippen LogP contribution in [0, 0.1) is 13.8 Å². The minimum Gasteiger partial charge on any atom is -0.456 e. The molecule has 0 radical (unpaired) electrons. The van der Waals surface area contributed by atoms with Gasteiger partial charge in [-0.25, -0.2) is 0 Å². The van der Waals surface area contributed by atoms with Gasteiger partial charge in [0, 0.05) is 33.0 Å². The first-order valence-corrected chi connectivity index (χ1v) is 20.2. The Morgan fingerprint density at radius 3 is 1.31 bits per heavy atom. The third kappa shape index (κ3) is 6.45. The summed E-state index contributed by atoms with van der Waals surface area (Å²) in [5.74, 6) is 3.07. The molecule has 0 atom stereocenters. The van der Waals surface area contributed by atoms with Crippen molar-refractivity contribution in [2.75, 3.05) is 4.90 Å². The van der Waals surface area contributed by atoms with Crippen molar-refractivity contribution in [1.82, 2.24) is 0 Å². The normalized spacial score (nSPS) is 12.2. The van der Waals surface area contributed by atoms with Crippen LogP contribution >= 0.6 is 0 Å². The number of hydrogen-bond acceptors (Lipinski definition) is 4. The highest BCUT2D eigenvalue weighted by atomic mass is 16.5. The van der Waals surface area contributed by atoms with Gasteiger partial charge in [0.1, 0.15) is 22.7 Å². The molecule has 0 fully saturated rings. The number of fused-ring (bicyclic) bond motifs is 4. The molecule has 4 nitrogen and oxygen atoms in total. The summed E-state index contributed by atoms with van der Waals surface area (Å²) in [5, 5.41) is 2.13. The number of aryl methyl sites for hydroxylation is 2. The van der Waals surface area contributed by atoms with Crippen molar-refractivity contribution in [2.45, 2.75) is 53.9 Å². The van der Waals surface area contributed by atoms with Crippen LogP contribution in [-0.4, -0.2) is 0 Å². The van der Waals surface area contributed by atoms with Crippen LogP contribution in [0.3, 0.4) is 0 Å². The van der Waals surface area contributed by atoms with Crippen molar-refractivity contribution in [3.63, 3.8) is 0 Å². The van der Waals surface area contributed by atoms with Gasteiger partial charge in [-0.1, -0.05) is 120 Å². The summed E-state index contributed by atoms with van der Waals surface area (Å²) in [6.45, 7) is 15.3. The van der Waals surface area contributed by atoms with Crippen molar-refractivity contribution >= 4 is 39.0 Å². The summed E-state index contributed by atoms with van der Waals surface area (Å²) in [6, 6.07) is 55.6. The molecule has 0 N–H and O–H groups in total. The molecule has 3 heterocycles. The Balaban J connectivity index is 0.00000215. The minimum absolute atomic E-state index is 0.100. The lowest BCUT2D eigenvalue weighted by atomic mass is 9.81. The van der Waals surface area contributed by atoms with E-state index in [0.29, 0.717) is 0 Å². The lowest BCUT2D eigenvalue weighted by Gasteiger charge is -2.37. The molecule has 4 heteroatoms. The Hall–Kier alpha value is -6.78. The molecule has 0 bridgehead atoms. The van der Waals surface area contributed by atoms with Gasteiger partial charge in [0.15, 0.2) is 11.5 Å². The van der Waals surface area contributed by atoms with Crippen molar-refractivity contribution < 1.29 is 13.6 Å². The van der Waals surface area contributed by atoms with E-state index in [1.54, 1.807) is 0 Å². The lowest BCUT2D eigenvalue weighted by Crippen LogP contribution is -2.19. The minimum atomic E-state index is -0.100. The zero-order valence-electron chi connectivity index (χ0n) is 34.2. The van der Waals surface area contributed by atoms with E-state index < -0.39 is 0 Å². The van der Waals surface area contributed by atoms with E-state index in [1.165, 1.54) is 27.8 Å². The smallest absolute Gasteiger partial charge is 0.152 e. The van der Waals surface area contributed by atoms with E-state index >= 15 is 0 Å². The van der Waals surface area contributed by atoms with E-state index in [9.17, 15) is 0 Å². The molecule has 10 rings (SSSR count). The van der Waals surface area contributed by atoms with E-state index in [4.69, 9.17) is 13.6 Å². The fourth-order valence-corrected chi connectivity index (χ4v) is 8.07. The third-order valence-corrected chi connectivity index (χ3v) is 11.1. The predicted octanol–water partition coefficient (Wildman–Crippen LogP) is 16.4. The van der Waals surface area contributed by atoms with E-state index in [0.717, 1.165) is 84.3 Å². The zero-order chi connectivity index (χ0) is 40.1. The fraction of sp³-hybridized carbons (Fsp3) is 0.148. The van der Waals surface area contributed by atoms with Crippen molar-refractivity contribution in [2.24, 2.45) is 0 Å². The predicted molar refractivity (Wildman–Crippen MR) is 242 cm³/mol. The van der Waals surface area contributed by atoms with Crippen molar-refractivity contribution in [1.29, 1.82) is 0 Å². The van der Waals surface area contributed by atoms with Crippen LogP contribution in [0.25, 0.3) is 66.8 Å². The zero-order valence-corrected chi connectivity index (χ0v) is 34.2. The molecule has 0 saturated heterocycles. The van der Waals surface area contributed by atoms with Crippen LogP contribution < -0.4 is 9.64 Å². The Bertz CT molecular complexity index is 2720. The van der Waals surface area contributed by atoms with Gasteiger partial charge < -0.3 is 18.5 Å². The van der Waals surface area contributed by atoms with Gasteiger partial charge in [0.05, 0.1) is 17.1 Å². The number of anilines is 3. The lowest BCUT2D eigenvalue weighted by molar-refractivity contribution is 0.477. The quantitative estimate of drug-likeness (QED) is 0.175. The molecule has 0 spiro atoms. The molecular weight excluding hydrogens is 711 g/mol. The highest BCUT2D eigenvalue weighted by molar-refractivity contribution is 6.02. The first-order chi connectivity index (χ1) is 28.2. The van der Waals surface area contributed by atoms with Crippen LogP contribution in [0.1, 0.15) is 51.3 Å². The van der Waals surface area contributed by atoms with Gasteiger partial charge in [-0.3, -0.25) is 0 Å². The Labute approximate surface area is 341 Å². The van der Waals surface area contributed by atoms with Gasteiger partial charge in [-0.15, -0.1) is 0 Å². The molecule has 0 amide bonds. The maximum atomic E-state index is 6.99. The summed E-state index contributed by atoms with van der Waals surface area (Å²) in [7, 11) is 0. The third-order valence-electron chi connectivity index (χ3n) is 11.1. The van der Waals surface area contributed by atoms with Crippen LogP contribution in [0.15, 0.2) is 167 Å². The van der Waals surface area contributed by atoms with E-state index in [1.807, 2.05) is 50.2 Å². The molecule has 0 aliphatic carbocycles.